The summed E-state index contributed by atoms with van der Waals surface area (Å²) in [6.45, 7) is 0. The van der Waals surface area contributed by atoms with Gasteiger partial charge in [-0.1, -0.05) is 24.3 Å². The van der Waals surface area contributed by atoms with Gasteiger partial charge in [-0.15, -0.1) is 0 Å². The van der Waals surface area contributed by atoms with Gasteiger partial charge in [-0.05, 0) is 29.3 Å². The molecule has 0 aliphatic heterocycles. The second kappa shape index (κ2) is 6.40. The number of aliphatic hydroxyl groups excluding tert-OH is 1. The third-order valence-corrected chi connectivity index (χ3v) is 4.60. The highest BCUT2D eigenvalue weighted by Crippen LogP contribution is 2.16. The molecule has 0 radical (unpaired) electrons. The summed E-state index contributed by atoms with van der Waals surface area (Å²) in [4.78, 5) is 14.7. The highest BCUT2D eigenvalue weighted by Gasteiger charge is 2.14. The molecule has 0 atom stereocenters. The van der Waals surface area contributed by atoms with Crippen LogP contribution in [0.1, 0.15) is 11.1 Å². The molecule has 1 aromatic carbocycles. The number of carbonyl (C=O) groups is 1. The van der Waals surface area contributed by atoms with Gasteiger partial charge in [-0.3, -0.25) is 9.78 Å². The van der Waals surface area contributed by atoms with Crippen LogP contribution in [-0.2, 0) is 20.4 Å². The van der Waals surface area contributed by atoms with Crippen molar-refractivity contribution in [3.63, 3.8) is 0 Å². The maximum Gasteiger partial charge on any atom is 0.283 e. The van der Waals surface area contributed by atoms with E-state index in [2.05, 4.69) is 4.98 Å². The Bertz CT molecular complexity index is 797. The highest BCUT2D eigenvalue weighted by molar-refractivity contribution is 7.90. The second-order valence-corrected chi connectivity index (χ2v) is 6.57. The summed E-state index contributed by atoms with van der Waals surface area (Å²) in [6.07, 6.45) is 4.06. The number of benzene rings is 1. The molecule has 1 amide bonds. The molecule has 1 aromatic heterocycles. The first-order chi connectivity index (χ1) is 10.4. The van der Waals surface area contributed by atoms with Gasteiger partial charge >= 0.3 is 0 Å². The topological polar surface area (TPSA) is 110 Å². The SMILES string of the molecule is NC(=O)C(O)=Cc1ccc(CS(=O)(=O)c2ccncc2)cc1. The van der Waals surface area contributed by atoms with Crippen molar-refractivity contribution >= 4 is 21.8 Å². The summed E-state index contributed by atoms with van der Waals surface area (Å²) in [6, 6.07) is 9.29. The van der Waals surface area contributed by atoms with E-state index in [9.17, 15) is 18.3 Å². The molecular formula is C15H14N2O4S. The van der Waals surface area contributed by atoms with Gasteiger partial charge in [0.05, 0.1) is 10.6 Å². The minimum Gasteiger partial charge on any atom is -0.503 e. The van der Waals surface area contributed by atoms with Gasteiger partial charge in [-0.25, -0.2) is 8.42 Å². The number of nitrogens with two attached hydrogens (primary N) is 1. The first-order valence-corrected chi connectivity index (χ1v) is 7.96. The summed E-state index contributed by atoms with van der Waals surface area (Å²) >= 11 is 0. The number of nitrogens with zero attached hydrogens (tertiary/aromatic N) is 1. The Morgan fingerprint density at radius 2 is 1.73 bits per heavy atom. The van der Waals surface area contributed by atoms with Crippen LogP contribution in [0.15, 0.2) is 59.4 Å². The third-order valence-electron chi connectivity index (χ3n) is 2.90. The molecule has 0 spiro atoms. The zero-order chi connectivity index (χ0) is 16.2. The average molecular weight is 318 g/mol. The lowest BCUT2D eigenvalue weighted by atomic mass is 10.1. The second-order valence-electron chi connectivity index (χ2n) is 4.58. The molecule has 22 heavy (non-hydrogen) atoms. The smallest absolute Gasteiger partial charge is 0.283 e. The summed E-state index contributed by atoms with van der Waals surface area (Å²) in [5, 5.41) is 9.27. The van der Waals surface area contributed by atoms with Crippen LogP contribution >= 0.6 is 0 Å². The molecule has 3 N–H and O–H groups in total. The number of rotatable bonds is 5. The standard InChI is InChI=1S/C15H14N2O4S/c16-15(19)14(18)9-11-1-3-12(4-2-11)10-22(20,21)13-5-7-17-8-6-13/h1-9,18H,10H2,(H2,16,19). The Balaban J connectivity index is 2.19. The van der Waals surface area contributed by atoms with Crippen LogP contribution in [0.2, 0.25) is 0 Å². The van der Waals surface area contributed by atoms with Crippen LogP contribution in [-0.4, -0.2) is 24.4 Å². The quantitative estimate of drug-likeness (QED) is 0.640. The number of sulfone groups is 1. The molecule has 114 valence electrons. The Morgan fingerprint density at radius 1 is 1.14 bits per heavy atom. The van der Waals surface area contributed by atoms with E-state index in [-0.39, 0.29) is 10.6 Å². The van der Waals surface area contributed by atoms with Crippen molar-refractivity contribution in [1.82, 2.24) is 4.98 Å². The lowest BCUT2D eigenvalue weighted by molar-refractivity contribution is -0.116. The summed E-state index contributed by atoms with van der Waals surface area (Å²) < 4.78 is 24.4. The number of primary amides is 1. The number of hydrogen-bond acceptors (Lipinski definition) is 5. The molecule has 0 aliphatic rings. The molecule has 1 heterocycles. The van der Waals surface area contributed by atoms with E-state index in [0.29, 0.717) is 11.1 Å². The van der Waals surface area contributed by atoms with Gasteiger partial charge in [-0.2, -0.15) is 0 Å². The molecule has 0 unspecified atom stereocenters. The van der Waals surface area contributed by atoms with E-state index in [0.717, 1.165) is 0 Å². The van der Waals surface area contributed by atoms with E-state index in [4.69, 9.17) is 5.73 Å². The molecule has 0 saturated heterocycles. The van der Waals surface area contributed by atoms with Crippen molar-refractivity contribution < 1.29 is 18.3 Å². The zero-order valence-electron chi connectivity index (χ0n) is 11.5. The lowest BCUT2D eigenvalue weighted by Gasteiger charge is -2.05. The zero-order valence-corrected chi connectivity index (χ0v) is 12.3. The van der Waals surface area contributed by atoms with E-state index < -0.39 is 21.5 Å². The maximum absolute atomic E-state index is 12.2. The van der Waals surface area contributed by atoms with E-state index in [1.165, 1.54) is 30.6 Å². The Labute approximate surface area is 127 Å². The number of hydrogen-bond donors (Lipinski definition) is 2. The van der Waals surface area contributed by atoms with Crippen molar-refractivity contribution in [1.29, 1.82) is 0 Å². The molecule has 0 saturated carbocycles. The predicted octanol–water partition coefficient (Wildman–Crippen LogP) is 1.44. The van der Waals surface area contributed by atoms with Gasteiger partial charge in [0.1, 0.15) is 0 Å². The van der Waals surface area contributed by atoms with Crippen LogP contribution in [0.25, 0.3) is 6.08 Å². The largest absolute Gasteiger partial charge is 0.503 e. The molecule has 6 nitrogen and oxygen atoms in total. The Morgan fingerprint density at radius 3 is 2.27 bits per heavy atom. The monoisotopic (exact) mass is 318 g/mol. The third kappa shape index (κ3) is 3.92. The first kappa shape index (κ1) is 15.7. The summed E-state index contributed by atoms with van der Waals surface area (Å²) in [5.41, 5.74) is 6.05. The fourth-order valence-electron chi connectivity index (χ4n) is 1.79. The van der Waals surface area contributed by atoms with Gasteiger partial charge in [0.15, 0.2) is 15.6 Å². The van der Waals surface area contributed by atoms with Crippen molar-refractivity contribution in [3.8, 4) is 0 Å². The number of amides is 1. The number of aliphatic hydroxyl groups is 1. The fourth-order valence-corrected chi connectivity index (χ4v) is 3.12. The average Bonchev–Trinajstić information content (AvgIpc) is 2.50. The van der Waals surface area contributed by atoms with Crippen LogP contribution in [0.3, 0.4) is 0 Å². The normalized spacial score (nSPS) is 12.1. The number of carbonyl (C=O) groups excluding carboxylic acids is 1. The number of aromatic nitrogens is 1. The minimum absolute atomic E-state index is 0.150. The molecule has 0 aliphatic carbocycles. The van der Waals surface area contributed by atoms with Gasteiger partial charge in [0.25, 0.3) is 5.91 Å². The van der Waals surface area contributed by atoms with Crippen molar-refractivity contribution in [2.45, 2.75) is 10.6 Å². The van der Waals surface area contributed by atoms with Crippen LogP contribution < -0.4 is 5.73 Å². The van der Waals surface area contributed by atoms with Gasteiger partial charge < -0.3 is 10.8 Å². The van der Waals surface area contributed by atoms with Crippen LogP contribution in [0, 0.1) is 0 Å². The Kier molecular flexibility index (Phi) is 4.57. The summed E-state index contributed by atoms with van der Waals surface area (Å²) in [5.74, 6) is -1.63. The van der Waals surface area contributed by atoms with E-state index >= 15 is 0 Å². The van der Waals surface area contributed by atoms with Crippen molar-refractivity contribution in [3.05, 3.63) is 65.7 Å². The number of pyridine rings is 1. The molecule has 0 bridgehead atoms. The maximum atomic E-state index is 12.2. The van der Waals surface area contributed by atoms with Gasteiger partial charge in [0, 0.05) is 12.4 Å². The van der Waals surface area contributed by atoms with Crippen LogP contribution in [0.4, 0.5) is 0 Å². The van der Waals surface area contributed by atoms with Crippen molar-refractivity contribution in [2.75, 3.05) is 0 Å². The molecule has 7 heteroatoms. The minimum atomic E-state index is -3.44. The first-order valence-electron chi connectivity index (χ1n) is 6.31. The fraction of sp³-hybridized carbons (Fsp3) is 0.0667. The van der Waals surface area contributed by atoms with Gasteiger partial charge in [0.2, 0.25) is 0 Å². The molecule has 0 fully saturated rings. The molecule has 2 rings (SSSR count). The van der Waals surface area contributed by atoms with Crippen molar-refractivity contribution in [2.24, 2.45) is 5.73 Å². The van der Waals surface area contributed by atoms with E-state index in [1.54, 1.807) is 24.3 Å². The Hall–Kier alpha value is -2.67. The van der Waals surface area contributed by atoms with E-state index in [1.807, 2.05) is 0 Å². The predicted molar refractivity (Wildman–Crippen MR) is 81.4 cm³/mol. The molecular weight excluding hydrogens is 304 g/mol. The lowest BCUT2D eigenvalue weighted by Crippen LogP contribution is -2.13. The summed E-state index contributed by atoms with van der Waals surface area (Å²) in [7, 11) is -3.44. The highest BCUT2D eigenvalue weighted by atomic mass is 32.2. The van der Waals surface area contributed by atoms with Crippen LogP contribution in [0.5, 0.6) is 0 Å². The molecule has 2 aromatic rings.